The monoisotopic (exact) mass is 2000 g/mol. The van der Waals surface area contributed by atoms with Crippen LogP contribution in [0, 0.1) is 101 Å². The largest absolute Gasteiger partial charge is 0.464 e. The van der Waals surface area contributed by atoms with Crippen molar-refractivity contribution in [3.8, 4) is 0 Å². The van der Waals surface area contributed by atoms with E-state index in [2.05, 4.69) is 31.9 Å². The van der Waals surface area contributed by atoms with Crippen molar-refractivity contribution in [2.75, 3.05) is 85.5 Å². The quantitative estimate of drug-likeness (QED) is 0.0153. The fourth-order valence-corrected chi connectivity index (χ4v) is 14.6. The Morgan fingerprint density at radius 1 is 0.286 bits per heavy atom. The summed E-state index contributed by atoms with van der Waals surface area (Å²) < 4.78 is 40.7. The van der Waals surface area contributed by atoms with Crippen LogP contribution in [0.2, 0.25) is 0 Å². The summed E-state index contributed by atoms with van der Waals surface area (Å²) in [6.45, 7) is 57.9. The standard InChI is InChI=1S/2C18H31NO6.2C17H29NO5.2C17H33NO4/c2*1-5-24-18(23)16-15(25-16)14(21)9-13(8-11(2)3)17(22)19-7-6-12(4)10-20;1-10(2)8-12(16(21)18-7-6-17(4,5)22)9-13(20)15-14(23-15)11(3)19;1-10(2)7-13(17(22)18-6-5-11(3)9-19)8-14(21)16-15(23-16)12(4)20;2*1-12(2)9-14(10-15(20)22-17(4,5)6)16(21)18-8-7-13(3)11-19/h2*11-13,15-16,20H,5-10H2,1-4H3,(H,19,22);10,12,14-15,22H,6-9H2,1-5H3,(H,18,21);10-11,13,15-16,19H,5-9H2,1-4H3,(H,18,22);2*12-14,19H,7-11H2,1-6H3,(H,18,21)/t12?,13-,15-,16+;12-,13-,15-,16+;12-,14-,15-;11?,13-,15-,16-;13?,14-;13-,14-/m111111/s1. The Kier molecular flexibility index (Phi) is 67.3. The number of rotatable bonds is 63. The Bertz CT molecular complexity index is 3570. The van der Waals surface area contributed by atoms with Crippen LogP contribution in [0.25, 0.3) is 0 Å². The summed E-state index contributed by atoms with van der Waals surface area (Å²) in [5.74, 6) is -3.70. The predicted octanol–water partition coefficient (Wildman–Crippen LogP) is 9.52. The van der Waals surface area contributed by atoms with Gasteiger partial charge in [-0.1, -0.05) is 118 Å². The molecule has 0 aromatic carbocycles. The molecule has 12 N–H and O–H groups in total. The van der Waals surface area contributed by atoms with E-state index >= 15 is 0 Å². The second kappa shape index (κ2) is 70.1. The van der Waals surface area contributed by atoms with Crippen LogP contribution in [-0.4, -0.2) is 276 Å². The Morgan fingerprint density at radius 3 is 0.636 bits per heavy atom. The van der Waals surface area contributed by atoms with Gasteiger partial charge in [0.1, 0.15) is 35.6 Å². The first-order valence-corrected chi connectivity index (χ1v) is 50.9. The molecule has 0 saturated carbocycles. The number of epoxide rings is 4. The zero-order valence-electron chi connectivity index (χ0n) is 90.3. The first-order chi connectivity index (χ1) is 64.9. The number of hydrogen-bond donors (Lipinski definition) is 12. The van der Waals surface area contributed by atoms with Crippen LogP contribution >= 0.6 is 0 Å². The average molecular weight is 2000 g/mol. The third-order valence-electron chi connectivity index (χ3n) is 22.6. The highest BCUT2D eigenvalue weighted by molar-refractivity contribution is 6.00. The number of ether oxygens (including phenoxy) is 8. The van der Waals surface area contributed by atoms with Crippen LogP contribution in [0.3, 0.4) is 0 Å². The van der Waals surface area contributed by atoms with Crippen molar-refractivity contribution in [2.24, 2.45) is 101 Å². The fourth-order valence-electron chi connectivity index (χ4n) is 14.6. The third-order valence-corrected chi connectivity index (χ3v) is 22.6. The molecular weight excluding hydrogens is 1810 g/mol. The van der Waals surface area contributed by atoms with Crippen molar-refractivity contribution in [3.05, 3.63) is 0 Å². The molecule has 812 valence electrons. The summed E-state index contributed by atoms with van der Waals surface area (Å²) in [7, 11) is 0. The highest BCUT2D eigenvalue weighted by Crippen LogP contribution is 2.34. The smallest absolute Gasteiger partial charge is 0.338 e. The lowest BCUT2D eigenvalue weighted by atomic mass is 9.90. The van der Waals surface area contributed by atoms with Gasteiger partial charge >= 0.3 is 23.9 Å². The lowest BCUT2D eigenvalue weighted by molar-refractivity contribution is -0.158. The van der Waals surface area contributed by atoms with Crippen LogP contribution in [-0.2, 0) is 115 Å². The second-order valence-corrected chi connectivity index (χ2v) is 43.5. The van der Waals surface area contributed by atoms with Crippen molar-refractivity contribution in [2.45, 2.75) is 382 Å². The Hall–Kier alpha value is -7.68. The molecule has 0 bridgehead atoms. The maximum absolute atomic E-state index is 12.4. The van der Waals surface area contributed by atoms with E-state index in [0.29, 0.717) is 121 Å². The van der Waals surface area contributed by atoms with Gasteiger partial charge in [-0.3, -0.25) is 67.1 Å². The van der Waals surface area contributed by atoms with Gasteiger partial charge in [0.2, 0.25) is 35.4 Å². The summed E-state index contributed by atoms with van der Waals surface area (Å²) in [6, 6.07) is 0. The molecule has 4 rings (SSSR count). The molecular formula is C104H186N6O30. The van der Waals surface area contributed by atoms with Gasteiger partial charge in [0.25, 0.3) is 0 Å². The maximum atomic E-state index is 12.4. The highest BCUT2D eigenvalue weighted by Gasteiger charge is 2.54. The molecule has 0 aromatic rings. The number of hydrogen-bond acceptors (Lipinski definition) is 30. The highest BCUT2D eigenvalue weighted by atomic mass is 16.7. The number of nitrogens with one attached hydrogen (secondary N) is 6. The van der Waals surface area contributed by atoms with Gasteiger partial charge < -0.3 is 100 Å². The molecule has 3 unspecified atom stereocenters. The predicted molar refractivity (Wildman–Crippen MR) is 530 cm³/mol. The molecule has 36 nitrogen and oxygen atoms in total. The minimum Gasteiger partial charge on any atom is -0.464 e. The molecule has 4 heterocycles. The zero-order chi connectivity index (χ0) is 108. The van der Waals surface area contributed by atoms with Crippen LogP contribution in [0.15, 0.2) is 0 Å². The Morgan fingerprint density at radius 2 is 0.471 bits per heavy atom. The normalized spacial score (nSPS) is 19.6. The van der Waals surface area contributed by atoms with Crippen molar-refractivity contribution in [3.63, 3.8) is 0 Å². The number of aliphatic hydroxyl groups is 6. The Labute approximate surface area is 835 Å². The van der Waals surface area contributed by atoms with Gasteiger partial charge in [-0.25, -0.2) is 9.59 Å². The van der Waals surface area contributed by atoms with Gasteiger partial charge in [-0.05, 0) is 225 Å². The molecule has 0 spiro atoms. The van der Waals surface area contributed by atoms with Crippen molar-refractivity contribution in [1.29, 1.82) is 0 Å². The minimum absolute atomic E-state index is 0.0557. The van der Waals surface area contributed by atoms with Gasteiger partial charge in [0, 0.05) is 133 Å². The zero-order valence-corrected chi connectivity index (χ0v) is 90.3. The lowest BCUT2D eigenvalue weighted by Crippen LogP contribution is -2.36. The molecule has 0 radical (unpaired) electrons. The van der Waals surface area contributed by atoms with Crippen LogP contribution in [0.4, 0.5) is 0 Å². The number of esters is 4. The summed E-state index contributed by atoms with van der Waals surface area (Å²) >= 11 is 0. The van der Waals surface area contributed by atoms with Gasteiger partial charge in [-0.2, -0.15) is 0 Å². The summed E-state index contributed by atoms with van der Waals surface area (Å²) in [6.07, 6.45) is 2.39. The van der Waals surface area contributed by atoms with Crippen LogP contribution in [0.1, 0.15) is 316 Å². The van der Waals surface area contributed by atoms with Crippen molar-refractivity contribution >= 4 is 94.0 Å². The van der Waals surface area contributed by atoms with E-state index in [4.69, 9.17) is 63.4 Å². The van der Waals surface area contributed by atoms with E-state index < -0.39 is 101 Å². The molecule has 0 aromatic heterocycles. The molecule has 0 aliphatic carbocycles. The molecule has 4 aliphatic rings. The molecule has 6 amide bonds. The molecule has 4 aliphatic heterocycles. The van der Waals surface area contributed by atoms with Crippen molar-refractivity contribution < 1.29 is 145 Å². The summed E-state index contributed by atoms with van der Waals surface area (Å²) in [5.41, 5.74) is -1.91. The maximum Gasteiger partial charge on any atom is 0.338 e. The summed E-state index contributed by atoms with van der Waals surface area (Å²) in [4.78, 5) is 192. The Balaban J connectivity index is 0. The summed E-state index contributed by atoms with van der Waals surface area (Å²) in [5, 5.41) is 71.7. The topological polar surface area (TPSA) is 554 Å². The van der Waals surface area contributed by atoms with E-state index in [1.807, 2.05) is 159 Å². The first-order valence-electron chi connectivity index (χ1n) is 50.9. The van der Waals surface area contributed by atoms with Crippen molar-refractivity contribution in [1.82, 2.24) is 31.9 Å². The SMILES string of the molecule is CC(=O)[C@H]1O[C@@H]1C(=O)C[C@@H](CC(C)C)C(=O)NCCC(C)(C)O.CC(=O)[C@H]1O[C@@H]1C(=O)C[C@@H](CC(C)C)C(=O)NCCC(C)CO.CC(C)C[C@H](CC(=O)OC(C)(C)C)C(=O)NCCC(C)CO.CC(C)C[C@H](CC(=O)OC(C)(C)C)C(=O)NCC[C@@H](C)CO.CCOC(=O)[C@H]1O[C@@H]1C(=O)C[C@@H](CC(C)C)C(=O)NCCC(C)CO.CCOC(=O)[C@H]1O[C@@H]1C(=O)C[C@@H](CC(C)C)C(=O)NCC[C@@H](C)CO. The molecule has 4 fully saturated rings. The van der Waals surface area contributed by atoms with Crippen LogP contribution in [0.5, 0.6) is 0 Å². The van der Waals surface area contributed by atoms with Gasteiger partial charge in [0.15, 0.2) is 59.1 Å². The van der Waals surface area contributed by atoms with E-state index in [0.717, 1.165) is 12.8 Å². The van der Waals surface area contributed by atoms with E-state index in [9.17, 15) is 81.8 Å². The molecule has 19 atom stereocenters. The number of carbonyl (C=O) groups is 16. The third kappa shape index (κ3) is 64.9. The number of carbonyl (C=O) groups excluding carboxylic acids is 16. The number of aliphatic hydroxyl groups excluding tert-OH is 5. The second-order valence-electron chi connectivity index (χ2n) is 43.5. The van der Waals surface area contributed by atoms with Gasteiger partial charge in [-0.15, -0.1) is 0 Å². The number of Topliss-reactive ketones (excluding diaryl/α,β-unsaturated/α-hetero) is 6. The average Bonchev–Trinajstić information content (AvgIpc) is 1.66. The molecule has 36 heteroatoms. The minimum atomic E-state index is -0.840. The number of ketones is 6. The van der Waals surface area contributed by atoms with Gasteiger partial charge in [0.05, 0.1) is 31.7 Å². The molecule has 4 saturated heterocycles. The number of amides is 6. The van der Waals surface area contributed by atoms with E-state index in [1.54, 1.807) is 27.7 Å². The first kappa shape index (κ1) is 134. The lowest BCUT2D eigenvalue weighted by Gasteiger charge is -2.23. The fraction of sp³-hybridized carbons (Fsp3) is 0.846. The molecule has 140 heavy (non-hydrogen) atoms. The van der Waals surface area contributed by atoms with E-state index in [1.165, 1.54) is 13.8 Å². The van der Waals surface area contributed by atoms with E-state index in [-0.39, 0.29) is 226 Å². The van der Waals surface area contributed by atoms with Crippen LogP contribution < -0.4 is 31.9 Å².